The first-order chi connectivity index (χ1) is 11.0. The second kappa shape index (κ2) is 10.7. The summed E-state index contributed by atoms with van der Waals surface area (Å²) in [6, 6.07) is 0. The topological polar surface area (TPSA) is 63.6 Å². The van der Waals surface area contributed by atoms with Crippen molar-refractivity contribution in [3.63, 3.8) is 0 Å². The van der Waals surface area contributed by atoms with E-state index in [2.05, 4.69) is 20.8 Å². The third-order valence-electron chi connectivity index (χ3n) is 5.27. The Hall–Kier alpha value is -1.06. The van der Waals surface area contributed by atoms with Gasteiger partial charge in [0.15, 0.2) is 0 Å². The molecule has 23 heavy (non-hydrogen) atoms. The van der Waals surface area contributed by atoms with Gasteiger partial charge in [-0.05, 0) is 31.6 Å². The van der Waals surface area contributed by atoms with E-state index in [1.807, 2.05) is 0 Å². The van der Waals surface area contributed by atoms with Crippen molar-refractivity contribution < 1.29 is 19.4 Å². The first-order valence-corrected chi connectivity index (χ1v) is 9.44. The Kier molecular flexibility index (Phi) is 9.27. The fourth-order valence-corrected chi connectivity index (χ4v) is 3.44. The van der Waals surface area contributed by atoms with Crippen molar-refractivity contribution in [3.8, 4) is 0 Å². The lowest BCUT2D eigenvalue weighted by molar-refractivity contribution is -0.166. The van der Waals surface area contributed by atoms with E-state index in [-0.39, 0.29) is 12.1 Å². The lowest BCUT2D eigenvalue weighted by Crippen LogP contribution is -2.37. The van der Waals surface area contributed by atoms with Crippen molar-refractivity contribution in [1.82, 2.24) is 0 Å². The highest BCUT2D eigenvalue weighted by molar-refractivity contribution is 5.81. The maximum absolute atomic E-state index is 12.5. The fraction of sp³-hybridized carbons (Fsp3) is 0.895. The number of unbranched alkanes of at least 4 members (excludes halogenated alkanes) is 3. The Labute approximate surface area is 141 Å². The predicted octanol–water partition coefficient (Wildman–Crippen LogP) is 4.81. The monoisotopic (exact) mass is 326 g/mol. The molecule has 4 atom stereocenters. The van der Waals surface area contributed by atoms with Gasteiger partial charge in [-0.2, -0.15) is 0 Å². The van der Waals surface area contributed by atoms with Crippen LogP contribution in [-0.2, 0) is 14.3 Å². The van der Waals surface area contributed by atoms with E-state index in [0.29, 0.717) is 18.8 Å². The zero-order valence-corrected chi connectivity index (χ0v) is 15.1. The summed E-state index contributed by atoms with van der Waals surface area (Å²) in [6.07, 6.45) is 9.51. The van der Waals surface area contributed by atoms with Crippen LogP contribution in [0, 0.1) is 17.8 Å². The molecule has 1 rings (SSSR count). The number of rotatable bonds is 10. The number of ether oxygens (including phenoxy) is 1. The highest BCUT2D eigenvalue weighted by Crippen LogP contribution is 2.32. The third kappa shape index (κ3) is 6.52. The zero-order valence-electron chi connectivity index (χ0n) is 15.1. The summed E-state index contributed by atoms with van der Waals surface area (Å²) in [6.45, 7) is 6.41. The van der Waals surface area contributed by atoms with Crippen LogP contribution in [0.5, 0.6) is 0 Å². The summed E-state index contributed by atoms with van der Waals surface area (Å²) in [5.41, 5.74) is 0. The molecule has 0 aromatic heterocycles. The molecule has 1 saturated carbocycles. The van der Waals surface area contributed by atoms with E-state index in [4.69, 9.17) is 4.74 Å². The van der Waals surface area contributed by atoms with Crippen LogP contribution < -0.4 is 0 Å². The summed E-state index contributed by atoms with van der Waals surface area (Å²) in [5.74, 6) is -1.82. The van der Waals surface area contributed by atoms with Crippen molar-refractivity contribution in [3.05, 3.63) is 0 Å². The smallest absolute Gasteiger partial charge is 0.310 e. The molecule has 1 aliphatic carbocycles. The first-order valence-electron chi connectivity index (χ1n) is 9.44. The van der Waals surface area contributed by atoms with E-state index < -0.39 is 17.8 Å². The summed E-state index contributed by atoms with van der Waals surface area (Å²) >= 11 is 0. The van der Waals surface area contributed by atoms with E-state index >= 15 is 0 Å². The molecule has 4 nitrogen and oxygen atoms in total. The van der Waals surface area contributed by atoms with Gasteiger partial charge in [-0.15, -0.1) is 0 Å². The van der Waals surface area contributed by atoms with Gasteiger partial charge in [-0.25, -0.2) is 0 Å². The molecule has 0 aromatic rings. The SMILES string of the molecule is CCCCCCC(OC(=O)C1CCCCC1C(=O)O)C(C)CC. The van der Waals surface area contributed by atoms with E-state index in [9.17, 15) is 14.7 Å². The van der Waals surface area contributed by atoms with Crippen LogP contribution in [0.1, 0.15) is 85.0 Å². The average molecular weight is 326 g/mol. The van der Waals surface area contributed by atoms with Crippen LogP contribution >= 0.6 is 0 Å². The highest BCUT2D eigenvalue weighted by Gasteiger charge is 2.38. The largest absolute Gasteiger partial charge is 0.481 e. The van der Waals surface area contributed by atoms with Gasteiger partial charge in [0.25, 0.3) is 0 Å². The van der Waals surface area contributed by atoms with Crippen LogP contribution in [0.4, 0.5) is 0 Å². The Morgan fingerprint density at radius 3 is 2.30 bits per heavy atom. The van der Waals surface area contributed by atoms with Gasteiger partial charge in [0, 0.05) is 0 Å². The van der Waals surface area contributed by atoms with Crippen LogP contribution in [-0.4, -0.2) is 23.1 Å². The van der Waals surface area contributed by atoms with Crippen molar-refractivity contribution in [2.24, 2.45) is 17.8 Å². The molecule has 0 aromatic carbocycles. The standard InChI is InChI=1S/C19H34O4/c1-4-6-7-8-13-17(14(3)5-2)23-19(22)16-12-10-9-11-15(16)18(20)21/h14-17H,4-13H2,1-3H3,(H,20,21). The predicted molar refractivity (Wildman–Crippen MR) is 91.2 cm³/mol. The molecule has 0 radical (unpaired) electrons. The van der Waals surface area contributed by atoms with Crippen LogP contribution in [0.3, 0.4) is 0 Å². The molecule has 0 aliphatic heterocycles. The van der Waals surface area contributed by atoms with E-state index in [1.165, 1.54) is 19.3 Å². The molecule has 0 spiro atoms. The molecule has 0 amide bonds. The van der Waals surface area contributed by atoms with Gasteiger partial charge >= 0.3 is 11.9 Å². The van der Waals surface area contributed by atoms with Gasteiger partial charge in [0.2, 0.25) is 0 Å². The maximum atomic E-state index is 12.5. The van der Waals surface area contributed by atoms with Crippen LogP contribution in [0.2, 0.25) is 0 Å². The lowest BCUT2D eigenvalue weighted by atomic mass is 9.79. The second-order valence-electron chi connectivity index (χ2n) is 7.05. The van der Waals surface area contributed by atoms with Crippen LogP contribution in [0.25, 0.3) is 0 Å². The number of carbonyl (C=O) groups is 2. The number of carbonyl (C=O) groups excluding carboxylic acids is 1. The molecule has 1 N–H and O–H groups in total. The Balaban J connectivity index is 2.61. The van der Waals surface area contributed by atoms with E-state index in [0.717, 1.165) is 32.1 Å². The van der Waals surface area contributed by atoms with Crippen molar-refractivity contribution >= 4 is 11.9 Å². The minimum absolute atomic E-state index is 0.0688. The van der Waals surface area contributed by atoms with Gasteiger partial charge in [-0.1, -0.05) is 59.3 Å². The molecule has 134 valence electrons. The lowest BCUT2D eigenvalue weighted by Gasteiger charge is -2.30. The molecule has 0 bridgehead atoms. The molecule has 4 heteroatoms. The number of aliphatic carboxylic acids is 1. The Bertz CT molecular complexity index is 366. The van der Waals surface area contributed by atoms with Crippen molar-refractivity contribution in [2.45, 2.75) is 91.1 Å². The molecular formula is C19H34O4. The summed E-state index contributed by atoms with van der Waals surface area (Å²) in [7, 11) is 0. The molecule has 1 fully saturated rings. The van der Waals surface area contributed by atoms with Gasteiger partial charge in [0.1, 0.15) is 6.10 Å². The van der Waals surface area contributed by atoms with Gasteiger partial charge < -0.3 is 9.84 Å². The number of hydrogen-bond donors (Lipinski definition) is 1. The van der Waals surface area contributed by atoms with Crippen LogP contribution in [0.15, 0.2) is 0 Å². The number of hydrogen-bond acceptors (Lipinski definition) is 3. The number of carboxylic acid groups (broad SMARTS) is 1. The average Bonchev–Trinajstić information content (AvgIpc) is 2.56. The quantitative estimate of drug-likeness (QED) is 0.462. The molecule has 1 aliphatic rings. The fourth-order valence-electron chi connectivity index (χ4n) is 3.44. The number of esters is 1. The van der Waals surface area contributed by atoms with Gasteiger partial charge in [-0.3, -0.25) is 9.59 Å². The van der Waals surface area contributed by atoms with Crippen molar-refractivity contribution in [2.75, 3.05) is 0 Å². The minimum Gasteiger partial charge on any atom is -0.481 e. The summed E-state index contributed by atoms with van der Waals surface area (Å²) in [5, 5.41) is 9.34. The zero-order chi connectivity index (χ0) is 17.2. The van der Waals surface area contributed by atoms with Crippen molar-refractivity contribution in [1.29, 1.82) is 0 Å². The summed E-state index contributed by atoms with van der Waals surface area (Å²) in [4.78, 5) is 23.9. The normalized spacial score (nSPS) is 24.0. The minimum atomic E-state index is -0.852. The molecule has 0 heterocycles. The third-order valence-corrected chi connectivity index (χ3v) is 5.27. The molecule has 0 saturated heterocycles. The highest BCUT2D eigenvalue weighted by atomic mass is 16.5. The number of carboxylic acids is 1. The summed E-state index contributed by atoms with van der Waals surface area (Å²) < 4.78 is 5.80. The maximum Gasteiger partial charge on any atom is 0.310 e. The second-order valence-corrected chi connectivity index (χ2v) is 7.05. The van der Waals surface area contributed by atoms with Gasteiger partial charge in [0.05, 0.1) is 11.8 Å². The first kappa shape index (κ1) is 20.0. The Morgan fingerprint density at radius 1 is 1.09 bits per heavy atom. The molecule has 4 unspecified atom stereocenters. The van der Waals surface area contributed by atoms with E-state index in [1.54, 1.807) is 0 Å². The molecular weight excluding hydrogens is 292 g/mol. The Morgan fingerprint density at radius 2 is 1.74 bits per heavy atom.